The number of amides is 4. The monoisotopic (exact) mass is 451 g/mol. The first-order valence-electron chi connectivity index (χ1n) is 10.9. The van der Waals surface area contributed by atoms with Crippen molar-refractivity contribution in [3.8, 4) is 0 Å². The Kier molecular flexibility index (Phi) is 5.99. The average Bonchev–Trinajstić information content (AvgIpc) is 3.09. The van der Waals surface area contributed by atoms with Crippen LogP contribution in [0.2, 0.25) is 0 Å². The molecule has 0 aromatic heterocycles. The van der Waals surface area contributed by atoms with E-state index in [4.69, 9.17) is 0 Å². The molecule has 1 atom stereocenters. The summed E-state index contributed by atoms with van der Waals surface area (Å²) in [6, 6.07) is 12.2. The number of nitro groups is 1. The number of nitro benzene ring substituents is 1. The van der Waals surface area contributed by atoms with Gasteiger partial charge in [-0.1, -0.05) is 37.3 Å². The summed E-state index contributed by atoms with van der Waals surface area (Å²) >= 11 is 0. The number of nitrogens with zero attached hydrogens (tertiary/aromatic N) is 3. The predicted octanol–water partition coefficient (Wildman–Crippen LogP) is 3.09. The van der Waals surface area contributed by atoms with Crippen LogP contribution in [0.3, 0.4) is 0 Å². The van der Waals surface area contributed by atoms with Crippen molar-refractivity contribution in [1.82, 2.24) is 15.8 Å². The molecule has 0 radical (unpaired) electrons. The number of carbonyl (C=O) groups excluding carboxylic acids is 3. The quantitative estimate of drug-likeness (QED) is 0.395. The maximum absolute atomic E-state index is 13.2. The minimum absolute atomic E-state index is 0.0169. The number of nitrogens with one attached hydrogen (secondary N) is 2. The molecule has 2 saturated heterocycles. The molecule has 0 saturated carbocycles. The molecule has 0 spiro atoms. The maximum Gasteiger partial charge on any atom is 0.344 e. The molecule has 0 unspecified atom stereocenters. The number of hydrogen-bond acceptors (Lipinski definition) is 6. The van der Waals surface area contributed by atoms with E-state index >= 15 is 0 Å². The molecule has 4 rings (SSSR count). The van der Waals surface area contributed by atoms with E-state index < -0.39 is 28.3 Å². The van der Waals surface area contributed by atoms with E-state index in [9.17, 15) is 24.5 Å². The van der Waals surface area contributed by atoms with E-state index in [1.165, 1.54) is 12.1 Å². The van der Waals surface area contributed by atoms with E-state index in [-0.39, 0.29) is 17.7 Å². The third-order valence-electron chi connectivity index (χ3n) is 6.23. The molecule has 2 N–H and O–H groups in total. The molecule has 33 heavy (non-hydrogen) atoms. The normalized spacial score (nSPS) is 20.5. The van der Waals surface area contributed by atoms with Gasteiger partial charge < -0.3 is 10.2 Å². The van der Waals surface area contributed by atoms with Crippen LogP contribution in [0.4, 0.5) is 16.2 Å². The molecular weight excluding hydrogens is 426 g/mol. The Balaban J connectivity index is 1.58. The van der Waals surface area contributed by atoms with E-state index in [2.05, 4.69) is 10.7 Å². The molecule has 0 aliphatic carbocycles. The van der Waals surface area contributed by atoms with E-state index in [1.807, 2.05) is 4.90 Å². The van der Waals surface area contributed by atoms with Gasteiger partial charge in [0.2, 0.25) is 0 Å². The molecule has 2 aromatic rings. The topological polar surface area (TPSA) is 125 Å². The molecule has 4 amide bonds. The van der Waals surface area contributed by atoms with Gasteiger partial charge in [-0.05, 0) is 43.4 Å². The van der Waals surface area contributed by atoms with Gasteiger partial charge in [0.15, 0.2) is 0 Å². The van der Waals surface area contributed by atoms with Crippen LogP contribution >= 0.6 is 0 Å². The van der Waals surface area contributed by atoms with Gasteiger partial charge in [-0.2, -0.15) is 5.01 Å². The number of carbonyl (C=O) groups is 3. The summed E-state index contributed by atoms with van der Waals surface area (Å²) in [5.74, 6) is -1.40. The summed E-state index contributed by atoms with van der Waals surface area (Å²) in [6.07, 6.45) is 3.27. The summed E-state index contributed by atoms with van der Waals surface area (Å²) in [6.45, 7) is 3.19. The van der Waals surface area contributed by atoms with Crippen LogP contribution in [-0.4, -0.2) is 40.9 Å². The lowest BCUT2D eigenvalue weighted by atomic mass is 9.87. The third kappa shape index (κ3) is 3.99. The summed E-state index contributed by atoms with van der Waals surface area (Å²) in [5, 5.41) is 15.0. The fraction of sp³-hybridized carbons (Fsp3) is 0.348. The Bertz CT molecular complexity index is 1100. The number of hydrazine groups is 1. The number of piperidine rings is 1. The SMILES string of the molecule is CC[C@@]1(c2ccccc2)NC(=O)N(NC(=O)c2ccc(N3CCCCC3)c([N+](=O)[O-])c2)C1=O. The molecule has 10 heteroatoms. The largest absolute Gasteiger partial charge is 0.366 e. The van der Waals surface area contributed by atoms with Gasteiger partial charge in [-0.3, -0.25) is 25.1 Å². The molecule has 2 fully saturated rings. The number of anilines is 1. The highest BCUT2D eigenvalue weighted by Crippen LogP contribution is 2.33. The fourth-order valence-corrected chi connectivity index (χ4v) is 4.42. The Labute approximate surface area is 190 Å². The number of urea groups is 1. The van der Waals surface area contributed by atoms with Crippen molar-refractivity contribution < 1.29 is 19.3 Å². The molecule has 2 heterocycles. The van der Waals surface area contributed by atoms with Crippen LogP contribution in [0.15, 0.2) is 48.5 Å². The maximum atomic E-state index is 13.2. The van der Waals surface area contributed by atoms with Crippen molar-refractivity contribution in [2.24, 2.45) is 0 Å². The van der Waals surface area contributed by atoms with Crippen molar-refractivity contribution in [2.75, 3.05) is 18.0 Å². The fourth-order valence-electron chi connectivity index (χ4n) is 4.42. The second kappa shape index (κ2) is 8.89. The zero-order valence-corrected chi connectivity index (χ0v) is 18.2. The Morgan fingerprint density at radius 2 is 1.82 bits per heavy atom. The first-order valence-corrected chi connectivity index (χ1v) is 10.9. The number of benzene rings is 2. The van der Waals surface area contributed by atoms with Crippen molar-refractivity contribution in [3.63, 3.8) is 0 Å². The lowest BCUT2D eigenvalue weighted by Crippen LogP contribution is -2.48. The van der Waals surface area contributed by atoms with Crippen molar-refractivity contribution in [1.29, 1.82) is 0 Å². The third-order valence-corrected chi connectivity index (χ3v) is 6.23. The summed E-state index contributed by atoms with van der Waals surface area (Å²) in [5.41, 5.74) is 1.88. The molecule has 10 nitrogen and oxygen atoms in total. The van der Waals surface area contributed by atoms with E-state index in [1.54, 1.807) is 43.3 Å². The van der Waals surface area contributed by atoms with E-state index in [0.29, 0.717) is 29.3 Å². The van der Waals surface area contributed by atoms with Gasteiger partial charge in [0, 0.05) is 24.7 Å². The lowest BCUT2D eigenvalue weighted by molar-refractivity contribution is -0.384. The van der Waals surface area contributed by atoms with Crippen LogP contribution in [0, 0.1) is 10.1 Å². The van der Waals surface area contributed by atoms with Crippen molar-refractivity contribution >= 4 is 29.2 Å². The minimum Gasteiger partial charge on any atom is -0.366 e. The van der Waals surface area contributed by atoms with Gasteiger partial charge in [0.05, 0.1) is 4.92 Å². The molecular formula is C23H25N5O5. The summed E-state index contributed by atoms with van der Waals surface area (Å²) in [4.78, 5) is 51.8. The van der Waals surface area contributed by atoms with Gasteiger partial charge in [0.1, 0.15) is 11.2 Å². The number of hydrogen-bond donors (Lipinski definition) is 2. The number of imide groups is 1. The molecule has 172 valence electrons. The van der Waals surface area contributed by atoms with Crippen LogP contribution in [-0.2, 0) is 10.3 Å². The standard InChI is InChI=1S/C23H25N5O5/c1-2-23(17-9-5-3-6-10-17)21(30)27(22(31)24-23)25-20(29)16-11-12-18(19(15-16)28(32)33)26-13-7-4-8-14-26/h3,5-6,9-12,15H,2,4,7-8,13-14H2,1H3,(H,24,31)(H,25,29)/t23-/m0/s1. The molecule has 2 aliphatic heterocycles. The van der Waals surface area contributed by atoms with Gasteiger partial charge >= 0.3 is 6.03 Å². The Hall–Kier alpha value is -3.95. The Morgan fingerprint density at radius 1 is 1.12 bits per heavy atom. The molecule has 2 aromatic carbocycles. The zero-order valence-electron chi connectivity index (χ0n) is 18.2. The van der Waals surface area contributed by atoms with Crippen LogP contribution in [0.5, 0.6) is 0 Å². The smallest absolute Gasteiger partial charge is 0.344 e. The average molecular weight is 451 g/mol. The van der Waals surface area contributed by atoms with Gasteiger partial charge in [0.25, 0.3) is 17.5 Å². The first kappa shape index (κ1) is 22.3. The van der Waals surface area contributed by atoms with Crippen LogP contribution in [0.25, 0.3) is 0 Å². The molecule has 0 bridgehead atoms. The van der Waals surface area contributed by atoms with Crippen molar-refractivity contribution in [3.05, 3.63) is 69.8 Å². The van der Waals surface area contributed by atoms with E-state index in [0.717, 1.165) is 19.3 Å². The number of rotatable bonds is 6. The second-order valence-corrected chi connectivity index (χ2v) is 8.14. The van der Waals surface area contributed by atoms with Gasteiger partial charge in [-0.15, -0.1) is 0 Å². The van der Waals surface area contributed by atoms with Gasteiger partial charge in [-0.25, -0.2) is 4.79 Å². The minimum atomic E-state index is -1.30. The lowest BCUT2D eigenvalue weighted by Gasteiger charge is -2.28. The zero-order chi connectivity index (χ0) is 23.6. The van der Waals surface area contributed by atoms with Crippen LogP contribution in [0.1, 0.15) is 48.5 Å². The van der Waals surface area contributed by atoms with Crippen LogP contribution < -0.4 is 15.6 Å². The predicted molar refractivity (Wildman–Crippen MR) is 120 cm³/mol. The highest BCUT2D eigenvalue weighted by atomic mass is 16.6. The summed E-state index contributed by atoms with van der Waals surface area (Å²) in [7, 11) is 0. The summed E-state index contributed by atoms with van der Waals surface area (Å²) < 4.78 is 0. The Morgan fingerprint density at radius 3 is 2.45 bits per heavy atom. The highest BCUT2D eigenvalue weighted by molar-refractivity contribution is 6.09. The molecule has 2 aliphatic rings. The highest BCUT2D eigenvalue weighted by Gasteiger charge is 2.52. The second-order valence-electron chi connectivity index (χ2n) is 8.14. The van der Waals surface area contributed by atoms with Crippen molar-refractivity contribution in [2.45, 2.75) is 38.1 Å². The first-order chi connectivity index (χ1) is 15.9.